The van der Waals surface area contributed by atoms with Gasteiger partial charge >= 0.3 is 0 Å². The molecule has 1 amide bonds. The fraction of sp³-hybridized carbons (Fsp3) is 0.267. The summed E-state index contributed by atoms with van der Waals surface area (Å²) in [4.78, 5) is 41.7. The van der Waals surface area contributed by atoms with Crippen molar-refractivity contribution in [3.8, 4) is 0 Å². The minimum Gasteiger partial charge on any atom is -0.378 e. The average molecular weight is 407 g/mol. The Morgan fingerprint density at radius 3 is 2.34 bits per heavy atom. The predicted molar refractivity (Wildman–Crippen MR) is 95.9 cm³/mol. The number of carbonyl (C=O) groups excluding carboxylic acids is 1. The number of benzene rings is 1. The van der Waals surface area contributed by atoms with Crippen molar-refractivity contribution in [2.45, 2.75) is 0 Å². The molecule has 29 heavy (non-hydrogen) atoms. The maximum absolute atomic E-state index is 14.0. The van der Waals surface area contributed by atoms with Crippen molar-refractivity contribution in [2.24, 2.45) is 0 Å². The van der Waals surface area contributed by atoms with Crippen LogP contribution in [0.5, 0.6) is 0 Å². The number of anilines is 2. The molecule has 1 aromatic heterocycles. The first-order valence-corrected chi connectivity index (χ1v) is 8.20. The molecule has 152 valence electrons. The quantitative estimate of drug-likeness (QED) is 0.521. The molecule has 1 aliphatic rings. The average Bonchev–Trinajstić information content (AvgIpc) is 2.73. The Morgan fingerprint density at radius 1 is 1.14 bits per heavy atom. The summed E-state index contributed by atoms with van der Waals surface area (Å²) in [5.74, 6) is -1.68. The molecular formula is C15H14FN7O6. The van der Waals surface area contributed by atoms with Crippen LogP contribution < -0.4 is 15.8 Å². The molecule has 0 aliphatic carbocycles. The van der Waals surface area contributed by atoms with Crippen LogP contribution in [0.1, 0.15) is 10.4 Å². The lowest BCUT2D eigenvalue weighted by Gasteiger charge is -2.28. The molecule has 1 aromatic carbocycles. The molecule has 2 heterocycles. The van der Waals surface area contributed by atoms with Crippen LogP contribution in [0.25, 0.3) is 0 Å². The summed E-state index contributed by atoms with van der Waals surface area (Å²) in [7, 11) is 0. The van der Waals surface area contributed by atoms with Crippen LogP contribution in [0.3, 0.4) is 0 Å². The number of hydrazine groups is 1. The van der Waals surface area contributed by atoms with E-state index in [0.29, 0.717) is 26.3 Å². The Balaban J connectivity index is 1.75. The van der Waals surface area contributed by atoms with Crippen molar-refractivity contribution in [1.82, 2.24) is 15.4 Å². The van der Waals surface area contributed by atoms with Gasteiger partial charge in [0.15, 0.2) is 11.6 Å². The van der Waals surface area contributed by atoms with E-state index in [4.69, 9.17) is 4.74 Å². The number of nitrogens with zero attached hydrogens (tertiary/aromatic N) is 5. The van der Waals surface area contributed by atoms with Crippen molar-refractivity contribution in [3.63, 3.8) is 0 Å². The molecule has 3 rings (SSSR count). The summed E-state index contributed by atoms with van der Waals surface area (Å²) in [6.07, 6.45) is 0.921. The maximum atomic E-state index is 14.0. The van der Waals surface area contributed by atoms with Gasteiger partial charge in [-0.15, -0.1) is 0 Å². The summed E-state index contributed by atoms with van der Waals surface area (Å²) >= 11 is 0. The van der Waals surface area contributed by atoms with Crippen LogP contribution in [0.4, 0.5) is 27.5 Å². The Morgan fingerprint density at radius 2 is 1.76 bits per heavy atom. The number of amides is 1. The summed E-state index contributed by atoms with van der Waals surface area (Å²) in [5.41, 5.74) is 2.98. The van der Waals surface area contributed by atoms with Gasteiger partial charge in [-0.25, -0.2) is 9.37 Å². The highest BCUT2D eigenvalue weighted by Crippen LogP contribution is 2.23. The molecule has 13 nitrogen and oxygen atoms in total. The molecule has 0 unspecified atom stereocenters. The number of non-ortho nitro benzene ring substituents is 2. The third-order valence-corrected chi connectivity index (χ3v) is 3.91. The second kappa shape index (κ2) is 8.39. The number of hydrogen-bond acceptors (Lipinski definition) is 10. The lowest BCUT2D eigenvalue weighted by molar-refractivity contribution is -0.394. The van der Waals surface area contributed by atoms with Crippen LogP contribution in [0, 0.1) is 26.0 Å². The van der Waals surface area contributed by atoms with Gasteiger partial charge in [-0.05, 0) is 0 Å². The summed E-state index contributed by atoms with van der Waals surface area (Å²) in [6, 6.07) is 2.51. The second-order valence-corrected chi connectivity index (χ2v) is 5.80. The van der Waals surface area contributed by atoms with Crippen LogP contribution in [-0.4, -0.2) is 52.0 Å². The molecule has 0 radical (unpaired) electrons. The van der Waals surface area contributed by atoms with Gasteiger partial charge in [-0.2, -0.15) is 4.98 Å². The number of nitro groups is 2. The minimum absolute atomic E-state index is 0.0195. The van der Waals surface area contributed by atoms with Gasteiger partial charge in [0.25, 0.3) is 17.3 Å². The van der Waals surface area contributed by atoms with E-state index in [1.165, 1.54) is 0 Å². The fourth-order valence-electron chi connectivity index (χ4n) is 2.54. The van der Waals surface area contributed by atoms with Gasteiger partial charge in [0.1, 0.15) is 0 Å². The smallest absolute Gasteiger partial charge is 0.277 e. The van der Waals surface area contributed by atoms with Crippen molar-refractivity contribution >= 4 is 29.0 Å². The maximum Gasteiger partial charge on any atom is 0.277 e. The van der Waals surface area contributed by atoms with Crippen molar-refractivity contribution < 1.29 is 23.8 Å². The summed E-state index contributed by atoms with van der Waals surface area (Å²) in [5, 5.41) is 21.8. The number of morpholine rings is 1. The van der Waals surface area contributed by atoms with E-state index in [2.05, 4.69) is 20.8 Å². The van der Waals surface area contributed by atoms with Crippen molar-refractivity contribution in [1.29, 1.82) is 0 Å². The topological polar surface area (TPSA) is 166 Å². The summed E-state index contributed by atoms with van der Waals surface area (Å²) in [6.45, 7) is 1.68. The van der Waals surface area contributed by atoms with E-state index in [0.717, 1.165) is 24.4 Å². The van der Waals surface area contributed by atoms with Crippen LogP contribution in [0.2, 0.25) is 0 Å². The number of hydrogen-bond donors (Lipinski definition) is 2. The molecule has 1 saturated heterocycles. The van der Waals surface area contributed by atoms with Crippen LogP contribution >= 0.6 is 0 Å². The number of halogens is 1. The second-order valence-electron chi connectivity index (χ2n) is 5.80. The standard InChI is InChI=1S/C15H14FN7O6/c16-12-8-17-15(18-13(12)21-1-3-29-4-2-21)20-19-14(24)9-5-10(22(25)26)7-11(6-9)23(27)28/h5-8H,1-4H2,(H,19,24)(H,17,18,20). The molecule has 1 aliphatic heterocycles. The third kappa shape index (κ3) is 4.67. The summed E-state index contributed by atoms with van der Waals surface area (Å²) < 4.78 is 19.2. The zero-order valence-corrected chi connectivity index (χ0v) is 14.7. The lowest BCUT2D eigenvalue weighted by Crippen LogP contribution is -2.38. The van der Waals surface area contributed by atoms with E-state index in [9.17, 15) is 29.4 Å². The van der Waals surface area contributed by atoms with Gasteiger partial charge in [-0.3, -0.25) is 35.9 Å². The van der Waals surface area contributed by atoms with Crippen LogP contribution in [0.15, 0.2) is 24.4 Å². The van der Waals surface area contributed by atoms with Gasteiger partial charge in [-0.1, -0.05) is 0 Å². The lowest BCUT2D eigenvalue weighted by atomic mass is 10.1. The molecule has 2 N–H and O–H groups in total. The van der Waals surface area contributed by atoms with E-state index >= 15 is 0 Å². The van der Waals surface area contributed by atoms with Crippen LogP contribution in [-0.2, 0) is 4.74 Å². The number of nitro benzene ring substituents is 2. The number of carbonyl (C=O) groups is 1. The van der Waals surface area contributed by atoms with Crippen molar-refractivity contribution in [3.05, 3.63) is 56.0 Å². The first-order valence-electron chi connectivity index (χ1n) is 8.20. The SMILES string of the molecule is O=C(NNc1ncc(F)c(N2CCOCC2)n1)c1cc([N+](=O)[O-])cc([N+](=O)[O-])c1. The molecule has 2 aromatic rings. The number of rotatable bonds is 6. The first kappa shape index (κ1) is 19.8. The normalized spacial score (nSPS) is 13.6. The minimum atomic E-state index is -0.905. The Bertz CT molecular complexity index is 934. The Hall–Kier alpha value is -3.94. The molecule has 1 fully saturated rings. The molecule has 14 heteroatoms. The third-order valence-electron chi connectivity index (χ3n) is 3.91. The van der Waals surface area contributed by atoms with Gasteiger partial charge in [0, 0.05) is 25.2 Å². The van der Waals surface area contributed by atoms with E-state index < -0.39 is 32.9 Å². The predicted octanol–water partition coefficient (Wildman–Crippen LogP) is 1.03. The van der Waals surface area contributed by atoms with Gasteiger partial charge in [0.2, 0.25) is 5.95 Å². The van der Waals surface area contributed by atoms with E-state index in [1.54, 1.807) is 4.90 Å². The fourth-order valence-corrected chi connectivity index (χ4v) is 2.54. The van der Waals surface area contributed by atoms with E-state index in [1.807, 2.05) is 0 Å². The number of nitrogens with one attached hydrogen (secondary N) is 2. The van der Waals surface area contributed by atoms with Gasteiger partial charge in [0.05, 0.1) is 40.9 Å². The number of aromatic nitrogens is 2. The van der Waals surface area contributed by atoms with E-state index in [-0.39, 0.29) is 17.3 Å². The van der Waals surface area contributed by atoms with Crippen molar-refractivity contribution in [2.75, 3.05) is 36.6 Å². The zero-order valence-electron chi connectivity index (χ0n) is 14.7. The first-order chi connectivity index (χ1) is 13.8. The van der Waals surface area contributed by atoms with Gasteiger partial charge < -0.3 is 9.64 Å². The highest BCUT2D eigenvalue weighted by atomic mass is 19.1. The molecule has 0 saturated carbocycles. The highest BCUT2D eigenvalue weighted by Gasteiger charge is 2.21. The molecule has 0 bridgehead atoms. The largest absolute Gasteiger partial charge is 0.378 e. The molecule has 0 spiro atoms. The highest BCUT2D eigenvalue weighted by molar-refractivity contribution is 5.96. The molecule has 0 atom stereocenters. The zero-order chi connectivity index (χ0) is 21.0. The molecular weight excluding hydrogens is 393 g/mol. The monoisotopic (exact) mass is 407 g/mol. The Kier molecular flexibility index (Phi) is 5.73. The number of ether oxygens (including phenoxy) is 1. The Labute approximate surface area is 161 Å².